The van der Waals surface area contributed by atoms with Crippen molar-refractivity contribution in [3.8, 4) is 11.7 Å². The number of aryl methyl sites for hydroxylation is 2. The summed E-state index contributed by atoms with van der Waals surface area (Å²) in [7, 11) is 1.49. The molecule has 0 aromatic carbocycles. The highest BCUT2D eigenvalue weighted by molar-refractivity contribution is 5.36. The van der Waals surface area contributed by atoms with Crippen LogP contribution in [0.25, 0.3) is 5.82 Å². The molecule has 108 valence electrons. The fourth-order valence-corrected chi connectivity index (χ4v) is 1.72. The van der Waals surface area contributed by atoms with Crippen LogP contribution >= 0.6 is 0 Å². The first-order valence-corrected chi connectivity index (χ1v) is 6.04. The van der Waals surface area contributed by atoms with Crippen LogP contribution < -0.4 is 10.4 Å². The van der Waals surface area contributed by atoms with Crippen molar-refractivity contribution in [1.29, 1.82) is 0 Å². The first-order chi connectivity index (χ1) is 10.6. The van der Waals surface area contributed by atoms with Gasteiger partial charge in [-0.3, -0.25) is 5.09 Å². The molecule has 3 aromatic heterocycles. The maximum Gasteiger partial charge on any atom is 0.369 e. The highest BCUT2D eigenvalue weighted by Crippen LogP contribution is 2.15. The summed E-state index contributed by atoms with van der Waals surface area (Å²) in [6.45, 7) is 1.93. The largest absolute Gasteiger partial charge is 0.472 e. The van der Waals surface area contributed by atoms with Gasteiger partial charge >= 0.3 is 5.69 Å². The van der Waals surface area contributed by atoms with Gasteiger partial charge in [0.1, 0.15) is 6.61 Å². The maximum absolute atomic E-state index is 12.0. The van der Waals surface area contributed by atoms with Gasteiger partial charge in [0.25, 0.3) is 0 Å². The number of rotatable bonds is 4. The van der Waals surface area contributed by atoms with Crippen LogP contribution in [-0.2, 0) is 13.7 Å². The summed E-state index contributed by atoms with van der Waals surface area (Å²) in [5.41, 5.74) is 0.988. The Hall–Kier alpha value is -3.04. The van der Waals surface area contributed by atoms with Crippen molar-refractivity contribution in [3.05, 3.63) is 40.1 Å². The van der Waals surface area contributed by atoms with Gasteiger partial charge in [0.2, 0.25) is 5.88 Å². The van der Waals surface area contributed by atoms with Crippen LogP contribution in [0, 0.1) is 6.92 Å². The van der Waals surface area contributed by atoms with Gasteiger partial charge in [-0.2, -0.15) is 9.78 Å². The van der Waals surface area contributed by atoms with Gasteiger partial charge in [-0.25, -0.2) is 4.79 Å². The van der Waals surface area contributed by atoms with Crippen LogP contribution in [0.1, 0.15) is 11.1 Å². The zero-order valence-corrected chi connectivity index (χ0v) is 11.3. The topological polar surface area (TPSA) is 116 Å². The van der Waals surface area contributed by atoms with E-state index in [1.807, 2.05) is 6.92 Å². The maximum atomic E-state index is 12.0. The average molecular weight is 290 g/mol. The number of tetrazole rings is 1. The molecule has 0 unspecified atom stereocenters. The Balaban J connectivity index is 1.96. The minimum atomic E-state index is -0.434. The lowest BCUT2D eigenvalue weighted by Crippen LogP contribution is -2.24. The molecule has 3 aromatic rings. The molecule has 3 rings (SSSR count). The Labute approximate surface area is 119 Å². The van der Waals surface area contributed by atoms with E-state index in [4.69, 9.17) is 6.15 Å². The Morgan fingerprint density at radius 3 is 3.00 bits per heavy atom. The highest BCUT2D eigenvalue weighted by atomic mass is 16.5. The third-order valence-corrected chi connectivity index (χ3v) is 2.88. The summed E-state index contributed by atoms with van der Waals surface area (Å²) < 4.78 is 14.9. The van der Waals surface area contributed by atoms with Crippen molar-refractivity contribution in [2.75, 3.05) is 0 Å². The molecule has 3 heterocycles. The first kappa shape index (κ1) is 11.8. The van der Waals surface area contributed by atoms with E-state index in [9.17, 15) is 4.79 Å². The van der Waals surface area contributed by atoms with E-state index in [1.165, 1.54) is 13.2 Å². The lowest BCUT2D eigenvalue weighted by molar-refractivity contribution is 0.291. The molecule has 0 radical (unpaired) electrons. The molecule has 10 heteroatoms. The van der Waals surface area contributed by atoms with Gasteiger partial charge in [0.15, 0.2) is 7.23 Å². The van der Waals surface area contributed by atoms with E-state index in [1.54, 1.807) is 12.3 Å². The summed E-state index contributed by atoms with van der Waals surface area (Å²) in [6.07, 6.45) is 3.01. The van der Waals surface area contributed by atoms with Crippen molar-refractivity contribution in [1.82, 2.24) is 40.2 Å². The van der Waals surface area contributed by atoms with Crippen LogP contribution in [0.4, 0.5) is 0 Å². The van der Waals surface area contributed by atoms with E-state index in [0.29, 0.717) is 11.4 Å². The monoisotopic (exact) mass is 290 g/mol. The van der Waals surface area contributed by atoms with Crippen molar-refractivity contribution < 1.29 is 6.15 Å². The second-order valence-corrected chi connectivity index (χ2v) is 4.28. The van der Waals surface area contributed by atoms with Gasteiger partial charge in [-0.05, 0) is 22.9 Å². The van der Waals surface area contributed by atoms with Crippen LogP contribution in [-0.4, -0.2) is 40.2 Å². The summed E-state index contributed by atoms with van der Waals surface area (Å²) in [4.78, 5) is 12.0. The average Bonchev–Trinajstić information content (AvgIpc) is 3.05. The molecule has 0 atom stereocenters. The molecule has 10 nitrogen and oxygen atoms in total. The molecule has 21 heavy (non-hydrogen) atoms. The van der Waals surface area contributed by atoms with Crippen LogP contribution in [0.15, 0.2) is 23.3 Å². The Bertz CT molecular complexity index is 867. The van der Waals surface area contributed by atoms with Crippen LogP contribution in [0.2, 0.25) is 1.41 Å². The fraction of sp³-hybridized carbons (Fsp3) is 0.273. The number of nitrogens with one attached hydrogen (secondary N) is 1. The summed E-state index contributed by atoms with van der Waals surface area (Å²) in [6, 6.07) is 1.56. The van der Waals surface area contributed by atoms with Crippen molar-refractivity contribution in [3.63, 3.8) is 0 Å². The molecule has 0 aliphatic carbocycles. The van der Waals surface area contributed by atoms with E-state index >= 15 is 0 Å². The molecule has 0 saturated heterocycles. The molecule has 0 aliphatic heterocycles. The second kappa shape index (κ2) is 5.15. The third-order valence-electron chi connectivity index (χ3n) is 2.88. The number of ether oxygens (including phenoxy) is 1. The number of H-pyrrole nitrogens is 1. The number of hydrogen-bond donors (Lipinski definition) is 1. The summed E-state index contributed by atoms with van der Waals surface area (Å²) in [5, 5.41) is 19.9. The van der Waals surface area contributed by atoms with Gasteiger partial charge in [0.05, 0.1) is 6.20 Å². The zero-order chi connectivity index (χ0) is 15.7. The predicted molar refractivity (Wildman–Crippen MR) is 69.8 cm³/mol. The molecular weight excluding hydrogens is 276 g/mol. The lowest BCUT2D eigenvalue weighted by Gasteiger charge is -2.09. The second-order valence-electron chi connectivity index (χ2n) is 4.28. The van der Waals surface area contributed by atoms with Gasteiger partial charge in [-0.1, -0.05) is 0 Å². The SMILES string of the molecule is [3H]n1ccc(OCc2c(C)cnnc2-n2nnn(C)c2=O)n1. The minimum absolute atomic E-state index is 0.108. The highest BCUT2D eigenvalue weighted by Gasteiger charge is 2.16. The fourth-order valence-electron chi connectivity index (χ4n) is 1.72. The van der Waals surface area contributed by atoms with Crippen molar-refractivity contribution in [2.24, 2.45) is 7.05 Å². The molecule has 1 N–H and O–H groups in total. The summed E-state index contributed by atoms with van der Waals surface area (Å²) in [5.74, 6) is 0.548. The number of hydrogen-bond acceptors (Lipinski definition) is 7. The van der Waals surface area contributed by atoms with Gasteiger partial charge < -0.3 is 4.74 Å². The zero-order valence-electron chi connectivity index (χ0n) is 12.3. The first-order valence-electron chi connectivity index (χ1n) is 6.49. The van der Waals surface area contributed by atoms with Gasteiger partial charge in [-0.15, -0.1) is 14.9 Å². The predicted octanol–water partition coefficient (Wildman–Crippen LogP) is -0.633. The number of aromatic nitrogens is 8. The number of nitrogens with zero attached hydrogens (tertiary/aromatic N) is 7. The van der Waals surface area contributed by atoms with E-state index in [0.717, 1.165) is 20.0 Å². The summed E-state index contributed by atoms with van der Waals surface area (Å²) >= 11 is 0. The Morgan fingerprint density at radius 2 is 2.33 bits per heavy atom. The normalized spacial score (nSPS) is 11.4. The van der Waals surface area contributed by atoms with E-state index in [-0.39, 0.29) is 12.4 Å². The van der Waals surface area contributed by atoms with Gasteiger partial charge in [0, 0.05) is 24.9 Å². The standard InChI is InChI=1S/C11H12N8O2/c1-7-5-13-15-10(19-11(20)18(2)16-17-19)8(7)6-21-9-3-4-12-14-9/h3-5H,6H2,1-2H3,(H,12,14)/i/hT. The van der Waals surface area contributed by atoms with Crippen molar-refractivity contribution >= 4 is 0 Å². The third kappa shape index (κ3) is 2.38. The van der Waals surface area contributed by atoms with Crippen molar-refractivity contribution in [2.45, 2.75) is 13.5 Å². The quantitative estimate of drug-likeness (QED) is 0.679. The molecule has 0 fully saturated rings. The Morgan fingerprint density at radius 1 is 1.48 bits per heavy atom. The minimum Gasteiger partial charge on any atom is -0.472 e. The molecule has 0 bridgehead atoms. The number of aromatic amines is 1. The molecule has 0 spiro atoms. The van der Waals surface area contributed by atoms with E-state index in [2.05, 4.69) is 25.7 Å². The Kier molecular flexibility index (Phi) is 2.88. The molecule has 0 saturated carbocycles. The molecular formula is C11H12N8O2. The van der Waals surface area contributed by atoms with E-state index < -0.39 is 5.69 Å². The molecule has 0 aliphatic rings. The smallest absolute Gasteiger partial charge is 0.369 e. The molecule has 0 amide bonds. The lowest BCUT2D eigenvalue weighted by atomic mass is 10.2. The van der Waals surface area contributed by atoms with Crippen LogP contribution in [0.5, 0.6) is 5.88 Å². The van der Waals surface area contributed by atoms with Crippen LogP contribution in [0.3, 0.4) is 0 Å².